The van der Waals surface area contributed by atoms with Gasteiger partial charge in [0.1, 0.15) is 6.61 Å². The Morgan fingerprint density at radius 3 is 1.61 bits per heavy atom. The number of phosphoric acid groups is 1. The van der Waals surface area contributed by atoms with E-state index < -0.39 is 26.5 Å². The van der Waals surface area contributed by atoms with Gasteiger partial charge in [-0.2, -0.15) is 0 Å². The highest BCUT2D eigenvalue weighted by molar-refractivity contribution is 7.47. The van der Waals surface area contributed by atoms with Gasteiger partial charge in [0.25, 0.3) is 0 Å². The van der Waals surface area contributed by atoms with Gasteiger partial charge >= 0.3 is 19.8 Å². The minimum atomic E-state index is -4.38. The molecule has 0 rings (SSSR count). The number of ether oxygens (including phenoxy) is 2. The Hall–Kier alpha value is -1.77. The van der Waals surface area contributed by atoms with Crippen molar-refractivity contribution >= 4 is 19.8 Å². The summed E-state index contributed by atoms with van der Waals surface area (Å²) in [5.41, 5.74) is 5.33. The average Bonchev–Trinajstić information content (AvgIpc) is 3.11. The first-order valence-corrected chi connectivity index (χ1v) is 22.0. The number of carbonyl (C=O) groups excluding carboxylic acids is 2. The molecular weight excluding hydrogens is 665 g/mol. The number of esters is 2. The van der Waals surface area contributed by atoms with Crippen LogP contribution in [0.4, 0.5) is 0 Å². The topological polar surface area (TPSA) is 134 Å². The molecule has 10 heteroatoms. The third-order valence-electron chi connectivity index (χ3n) is 8.54. The zero-order valence-corrected chi connectivity index (χ0v) is 33.5. The summed E-state index contributed by atoms with van der Waals surface area (Å²) in [6, 6.07) is 0. The minimum Gasteiger partial charge on any atom is -0.462 e. The molecule has 0 amide bonds. The Morgan fingerprint density at radius 1 is 0.608 bits per heavy atom. The minimum absolute atomic E-state index is 0.0487. The van der Waals surface area contributed by atoms with Crippen LogP contribution >= 0.6 is 7.82 Å². The second kappa shape index (κ2) is 38.0. The highest BCUT2D eigenvalue weighted by atomic mass is 31.2. The molecule has 0 heterocycles. The molecule has 0 aromatic rings. The van der Waals surface area contributed by atoms with E-state index >= 15 is 0 Å². The lowest BCUT2D eigenvalue weighted by Gasteiger charge is -2.19. The van der Waals surface area contributed by atoms with E-state index in [0.29, 0.717) is 6.42 Å². The van der Waals surface area contributed by atoms with Crippen molar-refractivity contribution in [3.63, 3.8) is 0 Å². The first-order chi connectivity index (χ1) is 24.8. The van der Waals surface area contributed by atoms with Gasteiger partial charge in [-0.1, -0.05) is 159 Å². The summed E-state index contributed by atoms with van der Waals surface area (Å²) in [7, 11) is -4.38. The van der Waals surface area contributed by atoms with Crippen LogP contribution in [0.5, 0.6) is 0 Å². The average molecular weight is 742 g/mol. The summed E-state index contributed by atoms with van der Waals surface area (Å²) >= 11 is 0. The van der Waals surface area contributed by atoms with E-state index in [1.807, 2.05) is 0 Å². The number of rotatable bonds is 38. The molecular formula is C41H76NO8P. The fraction of sp³-hybridized carbons (Fsp3) is 0.805. The van der Waals surface area contributed by atoms with Crippen LogP contribution in [-0.2, 0) is 32.7 Å². The second-order valence-corrected chi connectivity index (χ2v) is 14.9. The lowest BCUT2D eigenvalue weighted by Crippen LogP contribution is -2.29. The van der Waals surface area contributed by atoms with E-state index in [2.05, 4.69) is 50.3 Å². The smallest absolute Gasteiger partial charge is 0.462 e. The summed E-state index contributed by atoms with van der Waals surface area (Å²) in [5.74, 6) is -0.860. The lowest BCUT2D eigenvalue weighted by atomic mass is 10.0. The van der Waals surface area contributed by atoms with Crippen LogP contribution in [0, 0.1) is 0 Å². The van der Waals surface area contributed by atoms with Crippen molar-refractivity contribution < 1.29 is 37.6 Å². The van der Waals surface area contributed by atoms with E-state index in [1.165, 1.54) is 89.9 Å². The van der Waals surface area contributed by atoms with Crippen molar-refractivity contribution in [1.29, 1.82) is 0 Å². The third kappa shape index (κ3) is 37.8. The van der Waals surface area contributed by atoms with Gasteiger partial charge in [0, 0.05) is 19.4 Å². The maximum atomic E-state index is 12.5. The molecule has 2 atom stereocenters. The lowest BCUT2D eigenvalue weighted by molar-refractivity contribution is -0.161. The standard InChI is InChI=1S/C41H76NO8P/c1-3-5-7-9-11-13-15-17-18-19-20-22-23-25-27-29-31-33-40(43)47-37-39(38-49-51(45,46)48-36-35-42)50-41(44)34-32-30-28-26-24-21-16-14-12-10-8-6-4-2/h6,8,12,14,21,24,39H,3-5,7,9-11,13,15-20,22-23,25-38,42H2,1-2H3,(H,45,46)/b8-6-,14-12-,24-21-. The molecule has 0 bridgehead atoms. The quantitative estimate of drug-likeness (QED) is 0.0274. The molecule has 9 nitrogen and oxygen atoms in total. The third-order valence-corrected chi connectivity index (χ3v) is 9.52. The van der Waals surface area contributed by atoms with E-state index in [1.54, 1.807) is 0 Å². The molecule has 0 aromatic heterocycles. The predicted octanol–water partition coefficient (Wildman–Crippen LogP) is 11.4. The molecule has 0 radical (unpaired) electrons. The number of hydrogen-bond donors (Lipinski definition) is 2. The second-order valence-electron chi connectivity index (χ2n) is 13.5. The van der Waals surface area contributed by atoms with Crippen LogP contribution < -0.4 is 5.73 Å². The molecule has 0 saturated carbocycles. The fourth-order valence-corrected chi connectivity index (χ4v) is 6.30. The van der Waals surface area contributed by atoms with E-state index in [0.717, 1.165) is 57.8 Å². The number of nitrogens with two attached hydrogens (primary N) is 1. The van der Waals surface area contributed by atoms with Crippen molar-refractivity contribution in [3.8, 4) is 0 Å². The van der Waals surface area contributed by atoms with Gasteiger partial charge in [-0.3, -0.25) is 18.6 Å². The van der Waals surface area contributed by atoms with Crippen molar-refractivity contribution in [2.45, 2.75) is 187 Å². The highest BCUT2D eigenvalue weighted by Crippen LogP contribution is 2.43. The van der Waals surface area contributed by atoms with Crippen molar-refractivity contribution in [1.82, 2.24) is 0 Å². The van der Waals surface area contributed by atoms with Crippen LogP contribution in [0.15, 0.2) is 36.5 Å². The van der Waals surface area contributed by atoms with E-state index in [4.69, 9.17) is 24.3 Å². The van der Waals surface area contributed by atoms with Gasteiger partial charge in [-0.05, 0) is 44.9 Å². The van der Waals surface area contributed by atoms with Crippen LogP contribution in [-0.4, -0.2) is 49.3 Å². The molecule has 51 heavy (non-hydrogen) atoms. The summed E-state index contributed by atoms with van der Waals surface area (Å²) in [6.45, 7) is 3.59. The molecule has 0 aliphatic carbocycles. The van der Waals surface area contributed by atoms with Crippen molar-refractivity contribution in [2.75, 3.05) is 26.4 Å². The van der Waals surface area contributed by atoms with Crippen LogP contribution in [0.25, 0.3) is 0 Å². The molecule has 0 aromatic carbocycles. The summed E-state index contributed by atoms with van der Waals surface area (Å²) in [6.07, 6.45) is 40.4. The Morgan fingerprint density at radius 2 is 1.08 bits per heavy atom. The zero-order chi connectivity index (χ0) is 37.5. The van der Waals surface area contributed by atoms with Gasteiger partial charge in [0.2, 0.25) is 0 Å². The SMILES string of the molecule is CC/C=C\C/C=C\C/C=C\CCCCCC(=O)OC(COC(=O)CCCCCCCCCCCCCCCCCCC)COP(=O)(O)OCCN. The summed E-state index contributed by atoms with van der Waals surface area (Å²) in [4.78, 5) is 34.8. The number of unbranched alkanes of at least 4 members (excludes halogenated alkanes) is 19. The Balaban J connectivity index is 4.18. The predicted molar refractivity (Wildman–Crippen MR) is 210 cm³/mol. The Bertz CT molecular complexity index is 939. The molecule has 0 fully saturated rings. The molecule has 0 aliphatic heterocycles. The van der Waals surface area contributed by atoms with Gasteiger partial charge in [-0.15, -0.1) is 0 Å². The monoisotopic (exact) mass is 742 g/mol. The van der Waals surface area contributed by atoms with Crippen molar-refractivity contribution in [2.24, 2.45) is 5.73 Å². The first-order valence-electron chi connectivity index (χ1n) is 20.5. The zero-order valence-electron chi connectivity index (χ0n) is 32.6. The molecule has 0 saturated heterocycles. The normalized spacial score (nSPS) is 13.7. The number of hydrogen-bond acceptors (Lipinski definition) is 8. The number of allylic oxidation sites excluding steroid dienone is 6. The van der Waals surface area contributed by atoms with Gasteiger partial charge in [0.05, 0.1) is 13.2 Å². The highest BCUT2D eigenvalue weighted by Gasteiger charge is 2.25. The molecule has 298 valence electrons. The Kier molecular flexibility index (Phi) is 36.7. The fourth-order valence-electron chi connectivity index (χ4n) is 5.53. The first kappa shape index (κ1) is 49.2. The molecule has 2 unspecified atom stereocenters. The largest absolute Gasteiger partial charge is 0.472 e. The van der Waals surface area contributed by atoms with Crippen molar-refractivity contribution in [3.05, 3.63) is 36.5 Å². The molecule has 0 spiro atoms. The summed E-state index contributed by atoms with van der Waals surface area (Å²) < 4.78 is 32.7. The van der Waals surface area contributed by atoms with Gasteiger partial charge < -0.3 is 20.1 Å². The number of carbonyl (C=O) groups is 2. The Labute approximate surface area is 312 Å². The van der Waals surface area contributed by atoms with E-state index in [-0.39, 0.29) is 38.6 Å². The molecule has 0 aliphatic rings. The maximum absolute atomic E-state index is 12.5. The van der Waals surface area contributed by atoms with E-state index in [9.17, 15) is 19.0 Å². The van der Waals surface area contributed by atoms with Gasteiger partial charge in [0.15, 0.2) is 6.10 Å². The summed E-state index contributed by atoms with van der Waals surface area (Å²) in [5, 5.41) is 0. The van der Waals surface area contributed by atoms with Crippen LogP contribution in [0.3, 0.4) is 0 Å². The van der Waals surface area contributed by atoms with Crippen LogP contribution in [0.1, 0.15) is 181 Å². The number of phosphoric ester groups is 1. The molecule has 3 N–H and O–H groups in total. The maximum Gasteiger partial charge on any atom is 0.472 e. The van der Waals surface area contributed by atoms with Crippen LogP contribution in [0.2, 0.25) is 0 Å². The van der Waals surface area contributed by atoms with Gasteiger partial charge in [-0.25, -0.2) is 4.57 Å².